The Labute approximate surface area is 126 Å². The van der Waals surface area contributed by atoms with Crippen LogP contribution in [-0.4, -0.2) is 16.5 Å². The summed E-state index contributed by atoms with van der Waals surface area (Å²) in [5, 5.41) is 3.24. The van der Waals surface area contributed by atoms with Gasteiger partial charge in [-0.3, -0.25) is 0 Å². The number of hydrogen-bond donors (Lipinski definition) is 1. The predicted molar refractivity (Wildman–Crippen MR) is 84.6 cm³/mol. The summed E-state index contributed by atoms with van der Waals surface area (Å²) >= 11 is 0. The lowest BCUT2D eigenvalue weighted by Gasteiger charge is -2.19. The highest BCUT2D eigenvalue weighted by atomic mass is 16.5. The quantitative estimate of drug-likeness (QED) is 0.910. The van der Waals surface area contributed by atoms with Crippen LogP contribution in [0.5, 0.6) is 11.8 Å². The third-order valence-electron chi connectivity index (χ3n) is 3.17. The van der Waals surface area contributed by atoms with Crippen molar-refractivity contribution in [2.24, 2.45) is 0 Å². The van der Waals surface area contributed by atoms with Crippen LogP contribution in [0.2, 0.25) is 0 Å². The van der Waals surface area contributed by atoms with Crippen LogP contribution in [0.3, 0.4) is 0 Å². The number of rotatable bonds is 5. The first-order valence-corrected chi connectivity index (χ1v) is 7.29. The molecule has 2 rings (SSSR count). The van der Waals surface area contributed by atoms with Crippen molar-refractivity contribution in [3.63, 3.8) is 0 Å². The number of hydrogen-bond acceptors (Lipinski definition) is 4. The van der Waals surface area contributed by atoms with E-state index in [1.54, 1.807) is 12.4 Å². The van der Waals surface area contributed by atoms with E-state index in [2.05, 4.69) is 49.0 Å². The lowest BCUT2D eigenvalue weighted by atomic mass is 9.87. The Hall–Kier alpha value is -1.94. The molecule has 0 unspecified atom stereocenters. The van der Waals surface area contributed by atoms with E-state index in [-0.39, 0.29) is 5.41 Å². The molecule has 0 fully saturated rings. The Morgan fingerprint density at radius 3 is 2.48 bits per heavy atom. The molecule has 4 nitrogen and oxygen atoms in total. The molecule has 1 heterocycles. The van der Waals surface area contributed by atoms with E-state index in [1.807, 2.05) is 18.2 Å². The molecule has 4 heteroatoms. The SMILES string of the molecule is CCNCc1cnc(Oc2cccc(C(C)(C)C)c2)nc1. The number of nitrogens with one attached hydrogen (secondary N) is 1. The molecule has 1 aromatic heterocycles. The van der Waals surface area contributed by atoms with Gasteiger partial charge in [0.25, 0.3) is 0 Å². The van der Waals surface area contributed by atoms with Crippen LogP contribution in [0.25, 0.3) is 0 Å². The molecule has 0 bridgehead atoms. The lowest BCUT2D eigenvalue weighted by Crippen LogP contribution is -2.12. The standard InChI is InChI=1S/C17H23N3O/c1-5-18-10-13-11-19-16(20-12-13)21-15-8-6-7-14(9-15)17(2,3)4/h6-9,11-12,18H,5,10H2,1-4H3. The van der Waals surface area contributed by atoms with E-state index in [9.17, 15) is 0 Å². The van der Waals surface area contributed by atoms with Gasteiger partial charge in [-0.2, -0.15) is 0 Å². The van der Waals surface area contributed by atoms with Gasteiger partial charge in [0.1, 0.15) is 5.75 Å². The molecule has 1 N–H and O–H groups in total. The zero-order valence-electron chi connectivity index (χ0n) is 13.2. The Balaban J connectivity index is 2.08. The Bertz CT molecular complexity index is 573. The van der Waals surface area contributed by atoms with Gasteiger partial charge in [0.2, 0.25) is 0 Å². The van der Waals surface area contributed by atoms with Crippen molar-refractivity contribution in [2.45, 2.75) is 39.7 Å². The maximum Gasteiger partial charge on any atom is 0.321 e. The highest BCUT2D eigenvalue weighted by molar-refractivity contribution is 5.34. The van der Waals surface area contributed by atoms with Gasteiger partial charge < -0.3 is 10.1 Å². The molecule has 0 aliphatic heterocycles. The van der Waals surface area contributed by atoms with E-state index in [4.69, 9.17) is 4.74 Å². The number of benzene rings is 1. The summed E-state index contributed by atoms with van der Waals surface area (Å²) in [6.07, 6.45) is 3.58. The van der Waals surface area contributed by atoms with Crippen LogP contribution >= 0.6 is 0 Å². The molecule has 0 amide bonds. The lowest BCUT2D eigenvalue weighted by molar-refractivity contribution is 0.438. The minimum absolute atomic E-state index is 0.0932. The van der Waals surface area contributed by atoms with Gasteiger partial charge in [-0.25, -0.2) is 9.97 Å². The number of aromatic nitrogens is 2. The second kappa shape index (κ2) is 6.68. The highest BCUT2D eigenvalue weighted by Gasteiger charge is 2.14. The molecule has 2 aromatic rings. The molecule has 0 saturated carbocycles. The van der Waals surface area contributed by atoms with Crippen molar-refractivity contribution >= 4 is 0 Å². The molecule has 21 heavy (non-hydrogen) atoms. The van der Waals surface area contributed by atoms with Gasteiger partial charge in [0.05, 0.1) is 0 Å². The molecule has 112 valence electrons. The first-order chi connectivity index (χ1) is 9.99. The van der Waals surface area contributed by atoms with Gasteiger partial charge >= 0.3 is 6.01 Å². The molecule has 0 saturated heterocycles. The average molecular weight is 285 g/mol. The van der Waals surface area contributed by atoms with Crippen molar-refractivity contribution in [2.75, 3.05) is 6.54 Å². The Morgan fingerprint density at radius 2 is 1.86 bits per heavy atom. The third kappa shape index (κ3) is 4.53. The van der Waals surface area contributed by atoms with Crippen molar-refractivity contribution < 1.29 is 4.74 Å². The average Bonchev–Trinajstić information content (AvgIpc) is 2.46. The van der Waals surface area contributed by atoms with E-state index in [0.717, 1.165) is 24.4 Å². The van der Waals surface area contributed by atoms with Crippen LogP contribution in [0.15, 0.2) is 36.7 Å². The van der Waals surface area contributed by atoms with E-state index >= 15 is 0 Å². The smallest absolute Gasteiger partial charge is 0.321 e. The van der Waals surface area contributed by atoms with Gasteiger partial charge in [0, 0.05) is 24.5 Å². The fourth-order valence-corrected chi connectivity index (χ4v) is 1.89. The van der Waals surface area contributed by atoms with Crippen molar-refractivity contribution in [1.29, 1.82) is 0 Å². The van der Waals surface area contributed by atoms with Gasteiger partial charge in [0.15, 0.2) is 0 Å². The van der Waals surface area contributed by atoms with Crippen LogP contribution in [0, 0.1) is 0 Å². The fraction of sp³-hybridized carbons (Fsp3) is 0.412. The van der Waals surface area contributed by atoms with Crippen molar-refractivity contribution in [3.05, 3.63) is 47.8 Å². The summed E-state index contributed by atoms with van der Waals surface area (Å²) in [5.41, 5.74) is 2.37. The summed E-state index contributed by atoms with van der Waals surface area (Å²) in [6, 6.07) is 8.44. The minimum Gasteiger partial charge on any atom is -0.424 e. The van der Waals surface area contributed by atoms with E-state index < -0.39 is 0 Å². The first kappa shape index (κ1) is 15.4. The molecule has 0 atom stereocenters. The molecule has 0 aliphatic carbocycles. The van der Waals surface area contributed by atoms with Crippen LogP contribution in [0.4, 0.5) is 0 Å². The second-order valence-corrected chi connectivity index (χ2v) is 6.03. The van der Waals surface area contributed by atoms with Crippen LogP contribution in [-0.2, 0) is 12.0 Å². The highest BCUT2D eigenvalue weighted by Crippen LogP contribution is 2.27. The topological polar surface area (TPSA) is 47.0 Å². The zero-order valence-corrected chi connectivity index (χ0v) is 13.2. The van der Waals surface area contributed by atoms with Gasteiger partial charge in [-0.1, -0.05) is 39.8 Å². The molecule has 0 spiro atoms. The van der Waals surface area contributed by atoms with Crippen molar-refractivity contribution in [3.8, 4) is 11.8 Å². The molecule has 1 aromatic carbocycles. The Kier molecular flexibility index (Phi) is 4.91. The second-order valence-electron chi connectivity index (χ2n) is 6.03. The minimum atomic E-state index is 0.0932. The largest absolute Gasteiger partial charge is 0.424 e. The normalized spacial score (nSPS) is 11.4. The van der Waals surface area contributed by atoms with Crippen LogP contribution < -0.4 is 10.1 Å². The maximum atomic E-state index is 5.73. The summed E-state index contributed by atoms with van der Waals surface area (Å²) < 4.78 is 5.73. The van der Waals surface area contributed by atoms with Crippen LogP contribution in [0.1, 0.15) is 38.8 Å². The zero-order chi connectivity index (χ0) is 15.3. The number of ether oxygens (including phenoxy) is 1. The van der Waals surface area contributed by atoms with Crippen molar-refractivity contribution in [1.82, 2.24) is 15.3 Å². The molecule has 0 radical (unpaired) electrons. The summed E-state index contributed by atoms with van der Waals surface area (Å²) in [7, 11) is 0. The fourth-order valence-electron chi connectivity index (χ4n) is 1.89. The molecule has 0 aliphatic rings. The van der Waals surface area contributed by atoms with E-state index in [1.165, 1.54) is 5.56 Å². The van der Waals surface area contributed by atoms with Gasteiger partial charge in [-0.05, 0) is 29.7 Å². The molecular formula is C17H23N3O. The monoisotopic (exact) mass is 285 g/mol. The summed E-state index contributed by atoms with van der Waals surface area (Å²) in [4.78, 5) is 8.49. The summed E-state index contributed by atoms with van der Waals surface area (Å²) in [5.74, 6) is 0.766. The third-order valence-corrected chi connectivity index (χ3v) is 3.17. The van der Waals surface area contributed by atoms with E-state index in [0.29, 0.717) is 6.01 Å². The number of nitrogens with zero attached hydrogens (tertiary/aromatic N) is 2. The predicted octanol–water partition coefficient (Wildman–Crippen LogP) is 3.68. The van der Waals surface area contributed by atoms with Gasteiger partial charge in [-0.15, -0.1) is 0 Å². The first-order valence-electron chi connectivity index (χ1n) is 7.29. The summed E-state index contributed by atoms with van der Waals surface area (Å²) in [6.45, 7) is 10.3. The Morgan fingerprint density at radius 1 is 1.14 bits per heavy atom. The molecular weight excluding hydrogens is 262 g/mol. The maximum absolute atomic E-state index is 5.73.